The Kier molecular flexibility index (Phi) is 5.04. The monoisotopic (exact) mass is 237 g/mol. The van der Waals surface area contributed by atoms with E-state index in [4.69, 9.17) is 11.6 Å². The van der Waals surface area contributed by atoms with E-state index in [1.807, 2.05) is 20.0 Å². The van der Waals surface area contributed by atoms with Crippen LogP contribution in [-0.2, 0) is 0 Å². The van der Waals surface area contributed by atoms with Crippen LogP contribution in [0.25, 0.3) is 0 Å². The maximum absolute atomic E-state index is 6.32. The van der Waals surface area contributed by atoms with E-state index in [0.29, 0.717) is 0 Å². The molecule has 1 aromatic carbocycles. The zero-order valence-electron chi connectivity index (χ0n) is 10.3. The Balaban J connectivity index is 2.95. The second kappa shape index (κ2) is 6.07. The molecule has 1 nitrogen and oxygen atoms in total. The summed E-state index contributed by atoms with van der Waals surface area (Å²) in [6.07, 6.45) is 1.96. The molecule has 0 bridgehead atoms. The van der Waals surface area contributed by atoms with Gasteiger partial charge in [-0.15, -0.1) is 0 Å². The Morgan fingerprint density at radius 3 is 2.75 bits per heavy atom. The molecular formula is C14H20ClN. The molecule has 0 amide bonds. The SMILES string of the molecule is C=C(CC)CC(NC)c1cccc(C)c1Cl. The third-order valence-electron chi connectivity index (χ3n) is 2.94. The van der Waals surface area contributed by atoms with Crippen molar-refractivity contribution in [1.82, 2.24) is 5.32 Å². The van der Waals surface area contributed by atoms with Crippen LogP contribution in [0.1, 0.15) is 36.9 Å². The Hall–Kier alpha value is -0.790. The van der Waals surface area contributed by atoms with E-state index < -0.39 is 0 Å². The van der Waals surface area contributed by atoms with Gasteiger partial charge in [0.05, 0.1) is 0 Å². The minimum atomic E-state index is 0.264. The van der Waals surface area contributed by atoms with Crippen molar-refractivity contribution in [3.8, 4) is 0 Å². The molecule has 88 valence electrons. The second-order valence-electron chi connectivity index (χ2n) is 4.13. The highest BCUT2D eigenvalue weighted by Gasteiger charge is 2.14. The normalized spacial score (nSPS) is 12.5. The lowest BCUT2D eigenvalue weighted by Gasteiger charge is -2.19. The molecule has 1 aromatic rings. The minimum Gasteiger partial charge on any atom is -0.313 e. The molecule has 0 aliphatic rings. The standard InChI is InChI=1S/C14H20ClN/c1-5-10(2)9-13(16-4)12-8-6-7-11(3)14(12)15/h6-8,13,16H,2,5,9H2,1,3-4H3. The van der Waals surface area contributed by atoms with Gasteiger partial charge in [-0.25, -0.2) is 0 Å². The third-order valence-corrected chi connectivity index (χ3v) is 3.45. The molecule has 0 radical (unpaired) electrons. The summed E-state index contributed by atoms with van der Waals surface area (Å²) in [5.41, 5.74) is 3.54. The summed E-state index contributed by atoms with van der Waals surface area (Å²) in [5.74, 6) is 0. The zero-order chi connectivity index (χ0) is 12.1. The van der Waals surface area contributed by atoms with Crippen molar-refractivity contribution in [2.45, 2.75) is 32.7 Å². The van der Waals surface area contributed by atoms with Crippen LogP contribution >= 0.6 is 11.6 Å². The highest BCUT2D eigenvalue weighted by atomic mass is 35.5. The molecule has 0 saturated carbocycles. The molecular weight excluding hydrogens is 218 g/mol. The molecule has 0 aromatic heterocycles. The molecule has 1 N–H and O–H groups in total. The van der Waals surface area contributed by atoms with Crippen LogP contribution in [0.2, 0.25) is 5.02 Å². The molecule has 1 unspecified atom stereocenters. The average molecular weight is 238 g/mol. The first-order valence-electron chi connectivity index (χ1n) is 5.69. The number of halogens is 1. The number of aryl methyl sites for hydroxylation is 1. The summed E-state index contributed by atoms with van der Waals surface area (Å²) in [7, 11) is 1.96. The molecule has 1 rings (SSSR count). The maximum atomic E-state index is 6.32. The van der Waals surface area contributed by atoms with Gasteiger partial charge in [-0.3, -0.25) is 0 Å². The van der Waals surface area contributed by atoms with Gasteiger partial charge >= 0.3 is 0 Å². The van der Waals surface area contributed by atoms with Gasteiger partial charge in [-0.2, -0.15) is 0 Å². The van der Waals surface area contributed by atoms with Gasteiger partial charge in [-0.1, -0.05) is 48.9 Å². The first kappa shape index (κ1) is 13.3. The van der Waals surface area contributed by atoms with Crippen LogP contribution in [-0.4, -0.2) is 7.05 Å². The van der Waals surface area contributed by atoms with Crippen molar-refractivity contribution in [1.29, 1.82) is 0 Å². The van der Waals surface area contributed by atoms with E-state index in [0.717, 1.165) is 23.4 Å². The van der Waals surface area contributed by atoms with Crippen molar-refractivity contribution in [2.75, 3.05) is 7.05 Å². The number of nitrogens with one attached hydrogen (secondary N) is 1. The summed E-state index contributed by atoms with van der Waals surface area (Å²) < 4.78 is 0. The summed E-state index contributed by atoms with van der Waals surface area (Å²) in [4.78, 5) is 0. The maximum Gasteiger partial charge on any atom is 0.0483 e. The molecule has 0 aliphatic heterocycles. The molecule has 1 atom stereocenters. The summed E-state index contributed by atoms with van der Waals surface area (Å²) in [5, 5.41) is 4.17. The summed E-state index contributed by atoms with van der Waals surface area (Å²) >= 11 is 6.32. The van der Waals surface area contributed by atoms with Crippen molar-refractivity contribution < 1.29 is 0 Å². The number of rotatable bonds is 5. The molecule has 0 fully saturated rings. The van der Waals surface area contributed by atoms with E-state index >= 15 is 0 Å². The summed E-state index contributed by atoms with van der Waals surface area (Å²) in [6, 6.07) is 6.43. The van der Waals surface area contributed by atoms with Crippen molar-refractivity contribution in [3.05, 3.63) is 46.5 Å². The highest BCUT2D eigenvalue weighted by molar-refractivity contribution is 6.32. The zero-order valence-corrected chi connectivity index (χ0v) is 11.1. The van der Waals surface area contributed by atoms with E-state index in [1.165, 1.54) is 11.1 Å². The fourth-order valence-electron chi connectivity index (χ4n) is 1.74. The Bertz CT molecular complexity index is 371. The molecule has 0 heterocycles. The fourth-order valence-corrected chi connectivity index (χ4v) is 2.00. The van der Waals surface area contributed by atoms with Crippen molar-refractivity contribution >= 4 is 11.6 Å². The van der Waals surface area contributed by atoms with Crippen LogP contribution in [0.3, 0.4) is 0 Å². The van der Waals surface area contributed by atoms with Crippen LogP contribution in [0.4, 0.5) is 0 Å². The van der Waals surface area contributed by atoms with Gasteiger partial charge < -0.3 is 5.32 Å². The average Bonchev–Trinajstić information content (AvgIpc) is 2.29. The Morgan fingerprint density at radius 1 is 1.50 bits per heavy atom. The quantitative estimate of drug-likeness (QED) is 0.755. The number of hydrogen-bond acceptors (Lipinski definition) is 1. The van der Waals surface area contributed by atoms with Gasteiger partial charge in [-0.05, 0) is 37.9 Å². The molecule has 0 saturated heterocycles. The molecule has 2 heteroatoms. The van der Waals surface area contributed by atoms with Crippen molar-refractivity contribution in [3.63, 3.8) is 0 Å². The lowest BCUT2D eigenvalue weighted by atomic mass is 9.97. The number of benzene rings is 1. The highest BCUT2D eigenvalue weighted by Crippen LogP contribution is 2.29. The van der Waals surface area contributed by atoms with Gasteiger partial charge in [0.2, 0.25) is 0 Å². The van der Waals surface area contributed by atoms with Crippen LogP contribution < -0.4 is 5.32 Å². The predicted octanol–water partition coefficient (Wildman–Crippen LogP) is 4.27. The van der Waals surface area contributed by atoms with E-state index in [9.17, 15) is 0 Å². The Morgan fingerprint density at radius 2 is 2.19 bits per heavy atom. The first-order valence-corrected chi connectivity index (χ1v) is 6.06. The Labute approximate surface area is 104 Å². The van der Waals surface area contributed by atoms with Gasteiger partial charge in [0, 0.05) is 11.1 Å². The predicted molar refractivity (Wildman–Crippen MR) is 72.0 cm³/mol. The van der Waals surface area contributed by atoms with Crippen LogP contribution in [0.5, 0.6) is 0 Å². The first-order chi connectivity index (χ1) is 7.60. The second-order valence-corrected chi connectivity index (χ2v) is 4.51. The van der Waals surface area contributed by atoms with Crippen molar-refractivity contribution in [2.24, 2.45) is 0 Å². The smallest absolute Gasteiger partial charge is 0.0483 e. The minimum absolute atomic E-state index is 0.264. The lowest BCUT2D eigenvalue weighted by Crippen LogP contribution is -2.17. The lowest BCUT2D eigenvalue weighted by molar-refractivity contribution is 0.582. The molecule has 16 heavy (non-hydrogen) atoms. The largest absolute Gasteiger partial charge is 0.313 e. The van der Waals surface area contributed by atoms with Gasteiger partial charge in [0.15, 0.2) is 0 Å². The fraction of sp³-hybridized carbons (Fsp3) is 0.429. The third kappa shape index (κ3) is 3.10. The van der Waals surface area contributed by atoms with E-state index in [-0.39, 0.29) is 6.04 Å². The molecule has 0 aliphatic carbocycles. The van der Waals surface area contributed by atoms with Gasteiger partial charge in [0.1, 0.15) is 0 Å². The van der Waals surface area contributed by atoms with Crippen LogP contribution in [0, 0.1) is 6.92 Å². The topological polar surface area (TPSA) is 12.0 Å². The number of hydrogen-bond donors (Lipinski definition) is 1. The van der Waals surface area contributed by atoms with Gasteiger partial charge in [0.25, 0.3) is 0 Å². The van der Waals surface area contributed by atoms with E-state index in [2.05, 4.69) is 31.0 Å². The summed E-state index contributed by atoms with van der Waals surface area (Å²) in [6.45, 7) is 8.22. The molecule has 0 spiro atoms. The van der Waals surface area contributed by atoms with Crippen LogP contribution in [0.15, 0.2) is 30.4 Å². The van der Waals surface area contributed by atoms with E-state index in [1.54, 1.807) is 0 Å².